The fraction of sp³-hybridized carbons (Fsp3) is 0.0588. The van der Waals surface area contributed by atoms with Crippen molar-refractivity contribution in [3.63, 3.8) is 0 Å². The largest absolute Gasteiger partial charge is 0.361 e. The minimum atomic E-state index is -0.121. The Morgan fingerprint density at radius 3 is 2.52 bits per heavy atom. The molecule has 2 N–H and O–H groups in total. The molecule has 0 saturated carbocycles. The third-order valence-electron chi connectivity index (χ3n) is 3.38. The Kier molecular flexibility index (Phi) is 3.28. The molecular weight excluding hydrogens is 264 g/mol. The lowest BCUT2D eigenvalue weighted by Gasteiger charge is -2.03. The molecule has 0 aromatic heterocycles. The van der Waals surface area contributed by atoms with Crippen molar-refractivity contribution in [2.75, 3.05) is 10.6 Å². The number of para-hydroxylation sites is 1. The Labute approximate surface area is 122 Å². The van der Waals surface area contributed by atoms with Gasteiger partial charge in [-0.05, 0) is 37.3 Å². The van der Waals surface area contributed by atoms with Gasteiger partial charge in [-0.2, -0.15) is 0 Å². The lowest BCUT2D eigenvalue weighted by Crippen LogP contribution is -2.05. The van der Waals surface area contributed by atoms with Gasteiger partial charge in [0.2, 0.25) is 0 Å². The molecule has 4 nitrogen and oxygen atoms in total. The molecule has 1 aliphatic rings. The van der Waals surface area contributed by atoms with Gasteiger partial charge in [-0.1, -0.05) is 18.2 Å². The van der Waals surface area contributed by atoms with Crippen molar-refractivity contribution in [3.05, 3.63) is 65.9 Å². The second-order valence-electron chi connectivity index (χ2n) is 4.84. The number of Topliss-reactive ketones (excluding diaryl/α,β-unsaturated/α-hetero) is 1. The Balaban J connectivity index is 1.83. The standard InChI is InChI=1S/C17H14N2O2/c1-11(20)12-6-8-13(9-7-12)18-10-15-14-4-2-3-5-16(14)19-17(15)21/h2-10,18H,1H3,(H,19,21)/b15-10+. The van der Waals surface area contributed by atoms with Crippen molar-refractivity contribution >= 4 is 28.6 Å². The molecule has 0 saturated heterocycles. The first-order chi connectivity index (χ1) is 10.1. The zero-order valence-corrected chi connectivity index (χ0v) is 11.5. The van der Waals surface area contributed by atoms with E-state index >= 15 is 0 Å². The summed E-state index contributed by atoms with van der Waals surface area (Å²) in [4.78, 5) is 23.2. The highest BCUT2D eigenvalue weighted by molar-refractivity contribution is 6.31. The topological polar surface area (TPSA) is 58.2 Å². The third-order valence-corrected chi connectivity index (χ3v) is 3.38. The minimum Gasteiger partial charge on any atom is -0.361 e. The van der Waals surface area contributed by atoms with E-state index in [0.29, 0.717) is 11.1 Å². The molecule has 4 heteroatoms. The van der Waals surface area contributed by atoms with Crippen LogP contribution in [0.15, 0.2) is 54.7 Å². The van der Waals surface area contributed by atoms with Gasteiger partial charge in [-0.15, -0.1) is 0 Å². The summed E-state index contributed by atoms with van der Waals surface area (Å²) in [6.45, 7) is 1.53. The number of hydrogen-bond acceptors (Lipinski definition) is 3. The summed E-state index contributed by atoms with van der Waals surface area (Å²) in [5.74, 6) is -0.0898. The molecule has 2 aromatic carbocycles. The lowest BCUT2D eigenvalue weighted by atomic mass is 10.1. The second-order valence-corrected chi connectivity index (χ2v) is 4.84. The highest BCUT2D eigenvalue weighted by atomic mass is 16.2. The Morgan fingerprint density at radius 2 is 1.81 bits per heavy atom. The summed E-state index contributed by atoms with van der Waals surface area (Å²) in [6, 6.07) is 14.7. The van der Waals surface area contributed by atoms with Crippen LogP contribution in [0.3, 0.4) is 0 Å². The maximum atomic E-state index is 11.9. The number of benzene rings is 2. The number of ketones is 1. The summed E-state index contributed by atoms with van der Waals surface area (Å²) in [5, 5.41) is 5.91. The van der Waals surface area contributed by atoms with E-state index in [1.54, 1.807) is 18.3 Å². The number of anilines is 2. The molecule has 1 aliphatic heterocycles. The predicted molar refractivity (Wildman–Crippen MR) is 83.1 cm³/mol. The van der Waals surface area contributed by atoms with Crippen molar-refractivity contribution in [2.24, 2.45) is 0 Å². The molecule has 0 aliphatic carbocycles. The van der Waals surface area contributed by atoms with E-state index in [4.69, 9.17) is 0 Å². The highest BCUT2D eigenvalue weighted by Gasteiger charge is 2.23. The molecule has 21 heavy (non-hydrogen) atoms. The first kappa shape index (κ1) is 13.1. The van der Waals surface area contributed by atoms with Crippen LogP contribution in [0, 0.1) is 0 Å². The molecule has 1 heterocycles. The van der Waals surface area contributed by atoms with E-state index in [1.165, 1.54) is 6.92 Å². The molecular formula is C17H14N2O2. The van der Waals surface area contributed by atoms with Crippen molar-refractivity contribution < 1.29 is 9.59 Å². The summed E-state index contributed by atoms with van der Waals surface area (Å²) < 4.78 is 0. The van der Waals surface area contributed by atoms with E-state index in [1.807, 2.05) is 36.4 Å². The Hall–Kier alpha value is -2.88. The van der Waals surface area contributed by atoms with Crippen LogP contribution in [0.2, 0.25) is 0 Å². The normalized spacial score (nSPS) is 14.7. The average Bonchev–Trinajstić information content (AvgIpc) is 2.81. The molecule has 0 bridgehead atoms. The van der Waals surface area contributed by atoms with Gasteiger partial charge < -0.3 is 10.6 Å². The number of nitrogens with one attached hydrogen (secondary N) is 2. The van der Waals surface area contributed by atoms with Crippen LogP contribution < -0.4 is 10.6 Å². The van der Waals surface area contributed by atoms with Crippen LogP contribution >= 0.6 is 0 Å². The number of rotatable bonds is 3. The number of carbonyl (C=O) groups is 2. The number of amides is 1. The molecule has 104 valence electrons. The van der Waals surface area contributed by atoms with Crippen LogP contribution in [-0.2, 0) is 4.79 Å². The number of hydrogen-bond donors (Lipinski definition) is 2. The fourth-order valence-electron chi connectivity index (χ4n) is 2.24. The van der Waals surface area contributed by atoms with Gasteiger partial charge in [0.05, 0.1) is 5.57 Å². The quantitative estimate of drug-likeness (QED) is 0.669. The zero-order chi connectivity index (χ0) is 14.8. The Morgan fingerprint density at radius 1 is 1.10 bits per heavy atom. The molecule has 0 unspecified atom stereocenters. The molecule has 0 spiro atoms. The van der Waals surface area contributed by atoms with E-state index in [2.05, 4.69) is 10.6 Å². The summed E-state index contributed by atoms with van der Waals surface area (Å²) in [5.41, 5.74) is 3.79. The SMILES string of the molecule is CC(=O)c1ccc(N/C=C2/C(=O)Nc3ccccc32)cc1. The molecule has 0 fully saturated rings. The van der Waals surface area contributed by atoms with Crippen LogP contribution in [0.1, 0.15) is 22.8 Å². The van der Waals surface area contributed by atoms with E-state index in [9.17, 15) is 9.59 Å². The van der Waals surface area contributed by atoms with Crippen molar-refractivity contribution in [1.82, 2.24) is 0 Å². The first-order valence-corrected chi connectivity index (χ1v) is 6.63. The maximum Gasteiger partial charge on any atom is 0.257 e. The van der Waals surface area contributed by atoms with Gasteiger partial charge in [-0.3, -0.25) is 9.59 Å². The second kappa shape index (κ2) is 5.25. The van der Waals surface area contributed by atoms with Crippen molar-refractivity contribution in [2.45, 2.75) is 6.92 Å². The monoisotopic (exact) mass is 278 g/mol. The fourth-order valence-corrected chi connectivity index (χ4v) is 2.24. The highest BCUT2D eigenvalue weighted by Crippen LogP contribution is 2.31. The molecule has 2 aromatic rings. The zero-order valence-electron chi connectivity index (χ0n) is 11.5. The van der Waals surface area contributed by atoms with Gasteiger partial charge >= 0.3 is 0 Å². The van der Waals surface area contributed by atoms with Gasteiger partial charge in [0.1, 0.15) is 0 Å². The third kappa shape index (κ3) is 2.56. The van der Waals surface area contributed by atoms with E-state index in [0.717, 1.165) is 16.9 Å². The average molecular weight is 278 g/mol. The summed E-state index contributed by atoms with van der Waals surface area (Å²) in [7, 11) is 0. The van der Waals surface area contributed by atoms with Crippen LogP contribution in [-0.4, -0.2) is 11.7 Å². The lowest BCUT2D eigenvalue weighted by molar-refractivity contribution is -0.110. The van der Waals surface area contributed by atoms with Gasteiger partial charge in [-0.25, -0.2) is 0 Å². The van der Waals surface area contributed by atoms with Crippen LogP contribution in [0.25, 0.3) is 5.57 Å². The van der Waals surface area contributed by atoms with Gasteiger partial charge in [0.15, 0.2) is 5.78 Å². The molecule has 0 radical (unpaired) electrons. The smallest absolute Gasteiger partial charge is 0.257 e. The van der Waals surface area contributed by atoms with Crippen LogP contribution in [0.5, 0.6) is 0 Å². The predicted octanol–water partition coefficient (Wildman–Crippen LogP) is 3.29. The number of fused-ring (bicyclic) bond motifs is 1. The van der Waals surface area contributed by atoms with Gasteiger partial charge in [0, 0.05) is 28.7 Å². The maximum absolute atomic E-state index is 11.9. The van der Waals surface area contributed by atoms with Crippen LogP contribution in [0.4, 0.5) is 11.4 Å². The molecule has 0 atom stereocenters. The molecule has 1 amide bonds. The number of carbonyl (C=O) groups excluding carboxylic acids is 2. The minimum absolute atomic E-state index is 0.0315. The summed E-state index contributed by atoms with van der Waals surface area (Å²) in [6.07, 6.45) is 1.68. The van der Waals surface area contributed by atoms with E-state index < -0.39 is 0 Å². The van der Waals surface area contributed by atoms with Gasteiger partial charge in [0.25, 0.3) is 5.91 Å². The first-order valence-electron chi connectivity index (χ1n) is 6.63. The van der Waals surface area contributed by atoms with E-state index in [-0.39, 0.29) is 11.7 Å². The molecule has 3 rings (SSSR count). The summed E-state index contributed by atoms with van der Waals surface area (Å²) >= 11 is 0. The van der Waals surface area contributed by atoms with Crippen molar-refractivity contribution in [3.8, 4) is 0 Å². The Bertz CT molecular complexity index is 746. The van der Waals surface area contributed by atoms with Crippen molar-refractivity contribution in [1.29, 1.82) is 0 Å².